The Labute approximate surface area is 120 Å². The van der Waals surface area contributed by atoms with Crippen LogP contribution in [0.4, 0.5) is 0 Å². The van der Waals surface area contributed by atoms with Crippen molar-refractivity contribution in [1.82, 2.24) is 10.2 Å². The normalized spacial score (nSPS) is 16.4. The van der Waals surface area contributed by atoms with E-state index in [2.05, 4.69) is 25.2 Å². The van der Waals surface area contributed by atoms with Gasteiger partial charge in [0, 0.05) is 35.8 Å². The fraction of sp³-hybridized carbons (Fsp3) is 0.667. The summed E-state index contributed by atoms with van der Waals surface area (Å²) in [5, 5.41) is 3.33. The first kappa shape index (κ1) is 14.5. The van der Waals surface area contributed by atoms with Crippen LogP contribution in [0.15, 0.2) is 6.07 Å². The van der Waals surface area contributed by atoms with Crippen molar-refractivity contribution in [1.29, 1.82) is 0 Å². The second-order valence-corrected chi connectivity index (χ2v) is 6.74. The largest absolute Gasteiger partial charge is 0.341 e. The zero-order valence-electron chi connectivity index (χ0n) is 12.0. The SMILES string of the molecule is Cc1cc(CCCC(=O)N2CCCNCC2)c(C)s1. The van der Waals surface area contributed by atoms with Gasteiger partial charge < -0.3 is 10.2 Å². The number of hydrogen-bond donors (Lipinski definition) is 1. The summed E-state index contributed by atoms with van der Waals surface area (Å²) in [6.07, 6.45) is 3.77. The number of rotatable bonds is 4. The van der Waals surface area contributed by atoms with E-state index in [4.69, 9.17) is 0 Å². The van der Waals surface area contributed by atoms with Crippen LogP contribution < -0.4 is 5.32 Å². The molecule has 1 aromatic heterocycles. The maximum atomic E-state index is 12.1. The minimum absolute atomic E-state index is 0.327. The Morgan fingerprint density at radius 2 is 2.21 bits per heavy atom. The van der Waals surface area contributed by atoms with Crippen molar-refractivity contribution < 1.29 is 4.79 Å². The van der Waals surface area contributed by atoms with E-state index in [-0.39, 0.29) is 0 Å². The third kappa shape index (κ3) is 4.32. The minimum Gasteiger partial charge on any atom is -0.341 e. The molecule has 1 amide bonds. The van der Waals surface area contributed by atoms with Crippen molar-refractivity contribution >= 4 is 17.2 Å². The lowest BCUT2D eigenvalue weighted by molar-refractivity contribution is -0.131. The van der Waals surface area contributed by atoms with E-state index in [9.17, 15) is 4.79 Å². The molecule has 1 aromatic rings. The van der Waals surface area contributed by atoms with Gasteiger partial charge in [0.15, 0.2) is 0 Å². The van der Waals surface area contributed by atoms with E-state index in [1.165, 1.54) is 15.3 Å². The molecule has 1 aliphatic rings. The zero-order chi connectivity index (χ0) is 13.7. The summed E-state index contributed by atoms with van der Waals surface area (Å²) < 4.78 is 0. The zero-order valence-corrected chi connectivity index (χ0v) is 12.8. The summed E-state index contributed by atoms with van der Waals surface area (Å²) in [7, 11) is 0. The van der Waals surface area contributed by atoms with E-state index < -0.39 is 0 Å². The highest BCUT2D eigenvalue weighted by molar-refractivity contribution is 7.12. The van der Waals surface area contributed by atoms with Crippen molar-refractivity contribution in [3.63, 3.8) is 0 Å². The highest BCUT2D eigenvalue weighted by Gasteiger charge is 2.14. The van der Waals surface area contributed by atoms with Crippen LogP contribution in [-0.2, 0) is 11.2 Å². The van der Waals surface area contributed by atoms with Crippen molar-refractivity contribution in [3.05, 3.63) is 21.4 Å². The van der Waals surface area contributed by atoms with Crippen molar-refractivity contribution in [2.45, 2.75) is 39.5 Å². The van der Waals surface area contributed by atoms with E-state index in [1.807, 2.05) is 16.2 Å². The molecule has 0 spiro atoms. The van der Waals surface area contributed by atoms with Gasteiger partial charge >= 0.3 is 0 Å². The molecular formula is C15H24N2OS. The summed E-state index contributed by atoms with van der Waals surface area (Å²) in [5.74, 6) is 0.327. The Hall–Kier alpha value is -0.870. The average molecular weight is 280 g/mol. The lowest BCUT2D eigenvalue weighted by Gasteiger charge is -2.19. The monoisotopic (exact) mass is 280 g/mol. The standard InChI is InChI=1S/C15H24N2OS/c1-12-11-14(13(2)19-12)5-3-6-15(18)17-9-4-7-16-8-10-17/h11,16H,3-10H2,1-2H3. The Morgan fingerprint density at radius 1 is 1.37 bits per heavy atom. The van der Waals surface area contributed by atoms with Gasteiger partial charge in [0.1, 0.15) is 0 Å². The molecule has 1 fully saturated rings. The van der Waals surface area contributed by atoms with Crippen LogP contribution in [0.25, 0.3) is 0 Å². The third-order valence-electron chi connectivity index (χ3n) is 3.67. The van der Waals surface area contributed by atoms with E-state index in [1.54, 1.807) is 0 Å². The lowest BCUT2D eigenvalue weighted by Crippen LogP contribution is -2.34. The van der Waals surface area contributed by atoms with Crippen molar-refractivity contribution in [2.75, 3.05) is 26.2 Å². The molecule has 0 aliphatic carbocycles. The van der Waals surface area contributed by atoms with Gasteiger partial charge in [-0.15, -0.1) is 11.3 Å². The number of nitrogens with zero attached hydrogens (tertiary/aromatic N) is 1. The summed E-state index contributed by atoms with van der Waals surface area (Å²) in [5.41, 5.74) is 1.42. The number of carbonyl (C=O) groups is 1. The fourth-order valence-electron chi connectivity index (χ4n) is 2.61. The van der Waals surface area contributed by atoms with Crippen LogP contribution in [0, 0.1) is 13.8 Å². The number of aryl methyl sites for hydroxylation is 3. The lowest BCUT2D eigenvalue weighted by atomic mass is 10.1. The summed E-state index contributed by atoms with van der Waals surface area (Å²) in [6, 6.07) is 2.26. The van der Waals surface area contributed by atoms with Crippen LogP contribution >= 0.6 is 11.3 Å². The predicted octanol–water partition coefficient (Wildman–Crippen LogP) is 2.51. The quantitative estimate of drug-likeness (QED) is 0.919. The molecule has 0 bridgehead atoms. The molecule has 3 nitrogen and oxygen atoms in total. The second kappa shape index (κ2) is 7.06. The maximum absolute atomic E-state index is 12.1. The molecule has 0 radical (unpaired) electrons. The minimum atomic E-state index is 0.327. The van der Waals surface area contributed by atoms with E-state index in [0.717, 1.165) is 45.4 Å². The van der Waals surface area contributed by atoms with Gasteiger partial charge in [-0.05, 0) is 51.3 Å². The fourth-order valence-corrected chi connectivity index (χ4v) is 3.59. The van der Waals surface area contributed by atoms with Gasteiger partial charge in [-0.3, -0.25) is 4.79 Å². The molecule has 0 atom stereocenters. The first-order valence-electron chi connectivity index (χ1n) is 7.21. The smallest absolute Gasteiger partial charge is 0.222 e. The summed E-state index contributed by atoms with van der Waals surface area (Å²) in [4.78, 5) is 16.9. The van der Waals surface area contributed by atoms with Crippen LogP contribution in [0.3, 0.4) is 0 Å². The maximum Gasteiger partial charge on any atom is 0.222 e. The molecule has 0 saturated carbocycles. The number of thiophene rings is 1. The Bertz CT molecular complexity index is 420. The summed E-state index contributed by atoms with van der Waals surface area (Å²) >= 11 is 1.86. The Kier molecular flexibility index (Phi) is 5.40. The van der Waals surface area contributed by atoms with Gasteiger partial charge in [0.05, 0.1) is 0 Å². The van der Waals surface area contributed by atoms with Crippen molar-refractivity contribution in [3.8, 4) is 0 Å². The first-order chi connectivity index (χ1) is 9.16. The van der Waals surface area contributed by atoms with Crippen LogP contribution in [0.1, 0.15) is 34.6 Å². The molecular weight excluding hydrogens is 256 g/mol. The van der Waals surface area contributed by atoms with Crippen molar-refractivity contribution in [2.24, 2.45) is 0 Å². The Balaban J connectivity index is 1.75. The van der Waals surface area contributed by atoms with Gasteiger partial charge in [-0.25, -0.2) is 0 Å². The van der Waals surface area contributed by atoms with E-state index >= 15 is 0 Å². The molecule has 0 aromatic carbocycles. The number of nitrogens with one attached hydrogen (secondary N) is 1. The Morgan fingerprint density at radius 3 is 2.95 bits per heavy atom. The molecule has 19 heavy (non-hydrogen) atoms. The average Bonchev–Trinajstić information content (AvgIpc) is 2.60. The molecule has 1 N–H and O–H groups in total. The summed E-state index contributed by atoms with van der Waals surface area (Å²) in [6.45, 7) is 8.09. The van der Waals surface area contributed by atoms with E-state index in [0.29, 0.717) is 12.3 Å². The molecule has 2 heterocycles. The van der Waals surface area contributed by atoms with Crippen LogP contribution in [0.5, 0.6) is 0 Å². The molecule has 0 unspecified atom stereocenters. The molecule has 4 heteroatoms. The van der Waals surface area contributed by atoms with Gasteiger partial charge in [-0.1, -0.05) is 0 Å². The third-order valence-corrected chi connectivity index (χ3v) is 4.68. The molecule has 2 rings (SSSR count). The number of carbonyl (C=O) groups excluding carboxylic acids is 1. The topological polar surface area (TPSA) is 32.3 Å². The van der Waals surface area contributed by atoms with Gasteiger partial charge in [-0.2, -0.15) is 0 Å². The van der Waals surface area contributed by atoms with Gasteiger partial charge in [0.25, 0.3) is 0 Å². The second-order valence-electron chi connectivity index (χ2n) is 5.28. The number of amides is 1. The number of hydrogen-bond acceptors (Lipinski definition) is 3. The molecule has 106 valence electrons. The highest BCUT2D eigenvalue weighted by Crippen LogP contribution is 2.22. The van der Waals surface area contributed by atoms with Crippen LogP contribution in [0.2, 0.25) is 0 Å². The highest BCUT2D eigenvalue weighted by atomic mass is 32.1. The van der Waals surface area contributed by atoms with Gasteiger partial charge in [0.2, 0.25) is 5.91 Å². The molecule has 1 saturated heterocycles. The predicted molar refractivity (Wildman–Crippen MR) is 80.8 cm³/mol. The first-order valence-corrected chi connectivity index (χ1v) is 8.03. The van der Waals surface area contributed by atoms with Crippen LogP contribution in [-0.4, -0.2) is 37.0 Å². The molecule has 1 aliphatic heterocycles.